The summed E-state index contributed by atoms with van der Waals surface area (Å²) in [5.74, 6) is 0.807. The van der Waals surface area contributed by atoms with Gasteiger partial charge in [0.05, 0.1) is 11.1 Å². The first-order valence-corrected chi connectivity index (χ1v) is 10.6. The molecule has 146 valence electrons. The Morgan fingerprint density at radius 3 is 2.75 bits per heavy atom. The summed E-state index contributed by atoms with van der Waals surface area (Å²) in [6.07, 6.45) is 7.90. The summed E-state index contributed by atoms with van der Waals surface area (Å²) in [7, 11) is 0. The molecule has 4 atom stereocenters. The normalized spacial score (nSPS) is 34.1. The molecule has 0 unspecified atom stereocenters. The van der Waals surface area contributed by atoms with Gasteiger partial charge in [0.15, 0.2) is 0 Å². The summed E-state index contributed by atoms with van der Waals surface area (Å²) in [5, 5.41) is 0. The number of hydrogen-bond acceptors (Lipinski definition) is 4. The van der Waals surface area contributed by atoms with Gasteiger partial charge in [0.1, 0.15) is 11.4 Å². The highest BCUT2D eigenvalue weighted by Gasteiger charge is 2.71. The van der Waals surface area contributed by atoms with E-state index in [2.05, 4.69) is 13.8 Å². The van der Waals surface area contributed by atoms with Crippen LogP contribution in [0, 0.1) is 17.8 Å². The van der Waals surface area contributed by atoms with E-state index < -0.39 is 5.60 Å². The highest BCUT2D eigenvalue weighted by Crippen LogP contribution is 2.69. The van der Waals surface area contributed by atoms with Crippen molar-refractivity contribution in [1.82, 2.24) is 0 Å². The number of allylic oxidation sites excluding steroid dienone is 2. The van der Waals surface area contributed by atoms with Crippen LogP contribution in [-0.2, 0) is 19.9 Å². The van der Waals surface area contributed by atoms with Crippen LogP contribution in [0.4, 0.5) is 0 Å². The van der Waals surface area contributed by atoms with Crippen molar-refractivity contribution >= 4 is 11.9 Å². The van der Waals surface area contributed by atoms with Crippen molar-refractivity contribution in [3.05, 3.63) is 58.4 Å². The molecule has 1 spiro atoms. The topological polar surface area (TPSA) is 52.6 Å². The van der Waals surface area contributed by atoms with Gasteiger partial charge < -0.3 is 9.47 Å². The molecule has 2 aliphatic heterocycles. The third kappa shape index (κ3) is 2.12. The molecule has 0 radical (unpaired) electrons. The fraction of sp³-hybridized carbons (Fsp3) is 0.500. The van der Waals surface area contributed by atoms with E-state index >= 15 is 0 Å². The van der Waals surface area contributed by atoms with E-state index in [0.717, 1.165) is 61.0 Å². The van der Waals surface area contributed by atoms with E-state index in [4.69, 9.17) is 9.47 Å². The maximum absolute atomic E-state index is 12.9. The number of cyclic esters (lactones) is 1. The SMILES string of the molecule is CCCC=C1OC(=O)C2=C1CC[C@@H]1[C@H](CCC)[C@]3(OC(=O)c4ccccc43)[C@@H]21. The lowest BCUT2D eigenvalue weighted by Gasteiger charge is -2.60. The lowest BCUT2D eigenvalue weighted by molar-refractivity contribution is -0.195. The Morgan fingerprint density at radius 1 is 1.14 bits per heavy atom. The smallest absolute Gasteiger partial charge is 0.340 e. The minimum absolute atomic E-state index is 0.0829. The second-order valence-electron chi connectivity index (χ2n) is 8.44. The van der Waals surface area contributed by atoms with Gasteiger partial charge in [0, 0.05) is 23.0 Å². The Bertz CT molecular complexity index is 924. The maximum atomic E-state index is 12.9. The molecule has 0 N–H and O–H groups in total. The summed E-state index contributed by atoms with van der Waals surface area (Å²) < 4.78 is 11.8. The molecule has 4 nitrogen and oxygen atoms in total. The molecule has 0 saturated heterocycles. The molecule has 2 aliphatic carbocycles. The number of unbranched alkanes of at least 4 members (excludes halogenated alkanes) is 1. The van der Waals surface area contributed by atoms with Crippen molar-refractivity contribution in [2.75, 3.05) is 0 Å². The number of fused-ring (bicyclic) bond motifs is 5. The molecule has 1 aromatic carbocycles. The van der Waals surface area contributed by atoms with Gasteiger partial charge >= 0.3 is 11.9 Å². The quantitative estimate of drug-likeness (QED) is 0.688. The molecule has 2 heterocycles. The minimum Gasteiger partial charge on any atom is -0.450 e. The van der Waals surface area contributed by atoms with E-state index in [1.54, 1.807) is 0 Å². The van der Waals surface area contributed by atoms with Gasteiger partial charge in [-0.15, -0.1) is 0 Å². The van der Waals surface area contributed by atoms with Crippen molar-refractivity contribution in [3.63, 3.8) is 0 Å². The van der Waals surface area contributed by atoms with Crippen molar-refractivity contribution < 1.29 is 19.1 Å². The summed E-state index contributed by atoms with van der Waals surface area (Å²) in [6, 6.07) is 7.71. The fourth-order valence-corrected chi connectivity index (χ4v) is 6.08. The summed E-state index contributed by atoms with van der Waals surface area (Å²) in [6.45, 7) is 4.29. The van der Waals surface area contributed by atoms with Gasteiger partial charge in [-0.05, 0) is 43.7 Å². The minimum atomic E-state index is -0.700. The van der Waals surface area contributed by atoms with Gasteiger partial charge in [-0.2, -0.15) is 0 Å². The van der Waals surface area contributed by atoms with E-state index in [0.29, 0.717) is 11.5 Å². The van der Waals surface area contributed by atoms with Crippen molar-refractivity contribution in [3.8, 4) is 0 Å². The second-order valence-corrected chi connectivity index (χ2v) is 8.44. The number of carbonyl (C=O) groups excluding carboxylic acids is 2. The molecule has 0 aromatic heterocycles. The summed E-state index contributed by atoms with van der Waals surface area (Å²) in [5.41, 5.74) is 2.74. The molecule has 1 fully saturated rings. The maximum Gasteiger partial charge on any atom is 0.340 e. The zero-order chi connectivity index (χ0) is 19.5. The van der Waals surface area contributed by atoms with Crippen LogP contribution in [0.25, 0.3) is 0 Å². The van der Waals surface area contributed by atoms with Crippen LogP contribution in [0.2, 0.25) is 0 Å². The van der Waals surface area contributed by atoms with Crippen LogP contribution in [0.3, 0.4) is 0 Å². The van der Waals surface area contributed by atoms with Crippen LogP contribution in [0.1, 0.15) is 68.3 Å². The van der Waals surface area contributed by atoms with E-state index in [1.807, 2.05) is 30.3 Å². The van der Waals surface area contributed by atoms with Gasteiger partial charge in [0.25, 0.3) is 0 Å². The van der Waals surface area contributed by atoms with Gasteiger partial charge in [-0.3, -0.25) is 0 Å². The van der Waals surface area contributed by atoms with Crippen LogP contribution in [0.5, 0.6) is 0 Å². The molecule has 0 bridgehead atoms. The van der Waals surface area contributed by atoms with Crippen LogP contribution in [0.15, 0.2) is 47.2 Å². The predicted octanol–water partition coefficient (Wildman–Crippen LogP) is 5.05. The zero-order valence-electron chi connectivity index (χ0n) is 16.5. The molecule has 28 heavy (non-hydrogen) atoms. The number of carbonyl (C=O) groups is 2. The van der Waals surface area contributed by atoms with E-state index in [1.165, 1.54) is 0 Å². The number of ether oxygens (including phenoxy) is 2. The van der Waals surface area contributed by atoms with Gasteiger partial charge in [-0.25, -0.2) is 9.59 Å². The Balaban J connectivity index is 1.65. The molecular weight excluding hydrogens is 352 g/mol. The zero-order valence-corrected chi connectivity index (χ0v) is 16.5. The lowest BCUT2D eigenvalue weighted by atomic mass is 9.45. The number of rotatable bonds is 4. The van der Waals surface area contributed by atoms with Crippen LogP contribution >= 0.6 is 0 Å². The van der Waals surface area contributed by atoms with E-state index in [-0.39, 0.29) is 23.8 Å². The van der Waals surface area contributed by atoms with Crippen molar-refractivity contribution in [2.45, 2.75) is 58.0 Å². The first kappa shape index (κ1) is 17.7. The van der Waals surface area contributed by atoms with Gasteiger partial charge in [-0.1, -0.05) is 44.9 Å². The van der Waals surface area contributed by atoms with Crippen LogP contribution < -0.4 is 0 Å². The highest BCUT2D eigenvalue weighted by molar-refractivity contribution is 5.98. The molecule has 0 amide bonds. The Labute approximate surface area is 165 Å². The molecule has 1 aromatic rings. The number of esters is 2. The molecular formula is C24H26O4. The lowest BCUT2D eigenvalue weighted by Crippen LogP contribution is -2.62. The van der Waals surface area contributed by atoms with Crippen molar-refractivity contribution in [1.29, 1.82) is 0 Å². The Morgan fingerprint density at radius 2 is 1.96 bits per heavy atom. The van der Waals surface area contributed by atoms with Gasteiger partial charge in [0.2, 0.25) is 0 Å². The number of hydrogen-bond donors (Lipinski definition) is 0. The Hall–Kier alpha value is -2.36. The third-order valence-electron chi connectivity index (χ3n) is 7.09. The largest absolute Gasteiger partial charge is 0.450 e. The average Bonchev–Trinajstić information content (AvgIpc) is 3.19. The Kier molecular flexibility index (Phi) is 4.01. The first-order valence-electron chi connectivity index (χ1n) is 10.6. The molecule has 4 aliphatic rings. The molecule has 5 rings (SSSR count). The van der Waals surface area contributed by atoms with Crippen molar-refractivity contribution in [2.24, 2.45) is 17.8 Å². The molecule has 4 heteroatoms. The molecule has 1 saturated carbocycles. The average molecular weight is 378 g/mol. The second kappa shape index (κ2) is 6.33. The standard InChI is InChI=1S/C24H26O4/c1-3-5-11-19-16-13-12-14-17(8-4-2)24(21(14)20(16)23(26)27-19)18-10-7-6-9-15(18)22(25)28-24/h6-7,9-11,14,17,21H,3-5,8,12-13H2,1-2H3/t14-,17+,21-,24-/m1/s1. The number of benzene rings is 1. The highest BCUT2D eigenvalue weighted by atomic mass is 16.6. The fourth-order valence-electron chi connectivity index (χ4n) is 6.08. The monoisotopic (exact) mass is 378 g/mol. The third-order valence-corrected chi connectivity index (χ3v) is 7.09. The van der Waals surface area contributed by atoms with Crippen LogP contribution in [-0.4, -0.2) is 11.9 Å². The summed E-state index contributed by atoms with van der Waals surface area (Å²) in [4.78, 5) is 25.6. The van der Waals surface area contributed by atoms with E-state index in [9.17, 15) is 9.59 Å². The summed E-state index contributed by atoms with van der Waals surface area (Å²) >= 11 is 0. The first-order chi connectivity index (χ1) is 13.6. The predicted molar refractivity (Wildman–Crippen MR) is 104 cm³/mol.